The van der Waals surface area contributed by atoms with Gasteiger partial charge in [-0.2, -0.15) is 0 Å². The number of carbonyl (C=O) groups is 2. The number of allylic oxidation sites excluding steroid dienone is 2. The van der Waals surface area contributed by atoms with Crippen LogP contribution < -0.4 is 21.5 Å². The van der Waals surface area contributed by atoms with Gasteiger partial charge in [0.1, 0.15) is 11.9 Å². The topological polar surface area (TPSA) is 114 Å². The van der Waals surface area contributed by atoms with Crippen molar-refractivity contribution in [2.75, 3.05) is 19.5 Å². The molecule has 2 rings (SSSR count). The van der Waals surface area contributed by atoms with Crippen LogP contribution in [0.2, 0.25) is 0 Å². The minimum absolute atomic E-state index is 0.0376. The zero-order valence-electron chi connectivity index (χ0n) is 22.0. The van der Waals surface area contributed by atoms with Crippen molar-refractivity contribution in [2.24, 2.45) is 23.3 Å². The lowest BCUT2D eigenvalue weighted by Gasteiger charge is -2.38. The monoisotopic (exact) mass is 485 g/mol. The molecule has 0 saturated heterocycles. The average Bonchev–Trinajstić information content (AvgIpc) is 2.86. The number of nitrogens with one attached hydrogen (secondary N) is 1. The molecule has 1 heterocycles. The third kappa shape index (κ3) is 7.83. The first-order valence-corrected chi connectivity index (χ1v) is 12.4. The number of methoxy groups -OCH3 is 1. The molecule has 0 fully saturated rings. The molecule has 1 aromatic rings. The van der Waals surface area contributed by atoms with Crippen molar-refractivity contribution < 1.29 is 14.3 Å². The van der Waals surface area contributed by atoms with Crippen molar-refractivity contribution >= 4 is 17.5 Å². The van der Waals surface area contributed by atoms with Crippen LogP contribution in [-0.2, 0) is 9.59 Å². The summed E-state index contributed by atoms with van der Waals surface area (Å²) in [4.78, 5) is 29.7. The summed E-state index contributed by atoms with van der Waals surface area (Å²) in [5, 5.41) is 3.44. The Labute approximate surface area is 210 Å². The average molecular weight is 486 g/mol. The summed E-state index contributed by atoms with van der Waals surface area (Å²) in [6, 6.07) is 6.41. The number of ether oxygens (including phenoxy) is 1. The Bertz CT molecular complexity index is 883. The maximum atomic E-state index is 13.4. The fourth-order valence-electron chi connectivity index (χ4n) is 4.07. The molecular formula is C27H43N5O3. The zero-order valence-corrected chi connectivity index (χ0v) is 22.0. The van der Waals surface area contributed by atoms with E-state index >= 15 is 0 Å². The van der Waals surface area contributed by atoms with Crippen LogP contribution in [0.4, 0.5) is 5.69 Å². The Balaban J connectivity index is 2.18. The predicted molar refractivity (Wildman–Crippen MR) is 142 cm³/mol. The lowest BCUT2D eigenvalue weighted by molar-refractivity contribution is -0.141. The van der Waals surface area contributed by atoms with E-state index in [0.29, 0.717) is 5.92 Å². The Morgan fingerprint density at radius 2 is 1.80 bits per heavy atom. The van der Waals surface area contributed by atoms with E-state index in [1.807, 2.05) is 50.3 Å². The van der Waals surface area contributed by atoms with Gasteiger partial charge in [-0.3, -0.25) is 14.5 Å². The third-order valence-corrected chi connectivity index (χ3v) is 6.61. The number of nitrogens with zero attached hydrogens (tertiary/aromatic N) is 2. The molecule has 1 aliphatic heterocycles. The molecule has 1 aliphatic rings. The number of likely N-dealkylation sites (N-methyl/N-ethyl adjacent to an activating group) is 1. The SMILES string of the molecule is CC[C@H](C)[C@H](N)C(=O)N1C=CC=CC1N(C)C(=O)C[C@H](Nc1ccc(OC)cc1)[C@@H](N)CC(C)C. The van der Waals surface area contributed by atoms with Gasteiger partial charge in [0.15, 0.2) is 0 Å². The standard InChI is InChI=1S/C27H43N5O3/c1-7-19(4)26(29)27(34)32-15-9-8-10-24(32)31(5)25(33)17-23(22(28)16-18(2)3)30-20-11-13-21(35-6)14-12-20/h8-15,18-19,22-24,26,30H,7,16-17,28-29H2,1-6H3/t19-,22-,23-,24?,26-/m0/s1. The number of hydrogen-bond acceptors (Lipinski definition) is 6. The fraction of sp³-hybridized carbons (Fsp3) is 0.556. The Kier molecular flexibility index (Phi) is 10.8. The van der Waals surface area contributed by atoms with Gasteiger partial charge in [-0.25, -0.2) is 0 Å². The second-order valence-electron chi connectivity index (χ2n) is 9.78. The van der Waals surface area contributed by atoms with E-state index in [9.17, 15) is 9.59 Å². The van der Waals surface area contributed by atoms with Crippen LogP contribution in [0.1, 0.15) is 47.0 Å². The maximum absolute atomic E-state index is 13.4. The molecule has 194 valence electrons. The molecule has 8 nitrogen and oxygen atoms in total. The summed E-state index contributed by atoms with van der Waals surface area (Å²) in [5.41, 5.74) is 13.6. The Morgan fingerprint density at radius 1 is 1.14 bits per heavy atom. The number of amides is 2. The second kappa shape index (κ2) is 13.3. The smallest absolute Gasteiger partial charge is 0.245 e. The molecule has 1 unspecified atom stereocenters. The van der Waals surface area contributed by atoms with E-state index in [1.54, 1.807) is 36.2 Å². The van der Waals surface area contributed by atoms with Crippen molar-refractivity contribution in [2.45, 2.75) is 71.2 Å². The number of nitrogens with two attached hydrogens (primary N) is 2. The Hall–Kier alpha value is -2.84. The first-order chi connectivity index (χ1) is 16.6. The molecule has 0 spiro atoms. The van der Waals surface area contributed by atoms with E-state index in [1.165, 1.54) is 0 Å². The Morgan fingerprint density at radius 3 is 2.37 bits per heavy atom. The minimum atomic E-state index is -0.633. The summed E-state index contributed by atoms with van der Waals surface area (Å²) in [7, 11) is 3.33. The molecule has 8 heteroatoms. The van der Waals surface area contributed by atoms with E-state index in [0.717, 1.165) is 24.3 Å². The van der Waals surface area contributed by atoms with Crippen LogP contribution in [0.3, 0.4) is 0 Å². The first-order valence-electron chi connectivity index (χ1n) is 12.4. The highest BCUT2D eigenvalue weighted by atomic mass is 16.5. The third-order valence-electron chi connectivity index (χ3n) is 6.61. The van der Waals surface area contributed by atoms with E-state index < -0.39 is 12.2 Å². The van der Waals surface area contributed by atoms with Crippen molar-refractivity contribution in [1.82, 2.24) is 9.80 Å². The van der Waals surface area contributed by atoms with Gasteiger partial charge in [-0.1, -0.05) is 40.2 Å². The van der Waals surface area contributed by atoms with Crippen LogP contribution in [0.25, 0.3) is 0 Å². The van der Waals surface area contributed by atoms with Gasteiger partial charge >= 0.3 is 0 Å². The van der Waals surface area contributed by atoms with Crippen molar-refractivity contribution in [3.05, 3.63) is 48.7 Å². The number of carbonyl (C=O) groups excluding carboxylic acids is 2. The molecule has 0 aliphatic carbocycles. The van der Waals surface area contributed by atoms with Gasteiger partial charge in [0.05, 0.1) is 13.2 Å². The van der Waals surface area contributed by atoms with Gasteiger partial charge in [-0.15, -0.1) is 0 Å². The van der Waals surface area contributed by atoms with E-state index in [-0.39, 0.29) is 36.2 Å². The van der Waals surface area contributed by atoms with Crippen LogP contribution >= 0.6 is 0 Å². The largest absolute Gasteiger partial charge is 0.497 e. The number of hydrogen-bond donors (Lipinski definition) is 3. The van der Waals surface area contributed by atoms with Crippen LogP contribution in [-0.4, -0.2) is 60.1 Å². The van der Waals surface area contributed by atoms with E-state index in [2.05, 4.69) is 19.2 Å². The molecule has 0 radical (unpaired) electrons. The summed E-state index contributed by atoms with van der Waals surface area (Å²) in [6.45, 7) is 8.19. The molecule has 5 atom stereocenters. The summed E-state index contributed by atoms with van der Waals surface area (Å²) < 4.78 is 5.24. The van der Waals surface area contributed by atoms with Crippen LogP contribution in [0.15, 0.2) is 48.7 Å². The minimum Gasteiger partial charge on any atom is -0.497 e. The van der Waals surface area contributed by atoms with Crippen LogP contribution in [0.5, 0.6) is 5.75 Å². The molecule has 0 saturated carbocycles. The molecule has 35 heavy (non-hydrogen) atoms. The molecule has 5 N–H and O–H groups in total. The fourth-order valence-corrected chi connectivity index (χ4v) is 4.07. The van der Waals surface area contributed by atoms with Gasteiger partial charge in [0, 0.05) is 37.4 Å². The molecule has 0 bridgehead atoms. The summed E-state index contributed by atoms with van der Waals surface area (Å²) in [5.74, 6) is 0.867. The van der Waals surface area contributed by atoms with E-state index in [4.69, 9.17) is 16.2 Å². The summed E-state index contributed by atoms with van der Waals surface area (Å²) >= 11 is 0. The number of anilines is 1. The highest BCUT2D eigenvalue weighted by molar-refractivity contribution is 5.85. The second-order valence-corrected chi connectivity index (χ2v) is 9.78. The molecule has 0 aromatic heterocycles. The number of rotatable bonds is 12. The van der Waals surface area contributed by atoms with Gasteiger partial charge in [-0.05, 0) is 54.7 Å². The lowest BCUT2D eigenvalue weighted by atomic mass is 9.95. The van der Waals surface area contributed by atoms with Gasteiger partial charge in [0.25, 0.3) is 0 Å². The van der Waals surface area contributed by atoms with Gasteiger partial charge < -0.3 is 26.4 Å². The maximum Gasteiger partial charge on any atom is 0.245 e. The zero-order chi connectivity index (χ0) is 26.1. The lowest BCUT2D eigenvalue weighted by Crippen LogP contribution is -2.55. The molecule has 2 amide bonds. The highest BCUT2D eigenvalue weighted by Gasteiger charge is 2.33. The predicted octanol–water partition coefficient (Wildman–Crippen LogP) is 3.31. The van der Waals surface area contributed by atoms with Crippen LogP contribution in [0, 0.1) is 11.8 Å². The normalized spacial score (nSPS) is 18.7. The first kappa shape index (κ1) is 28.4. The van der Waals surface area contributed by atoms with Crippen molar-refractivity contribution in [3.63, 3.8) is 0 Å². The van der Waals surface area contributed by atoms with Gasteiger partial charge in [0.2, 0.25) is 11.8 Å². The quantitative estimate of drug-likeness (QED) is 0.419. The summed E-state index contributed by atoms with van der Waals surface area (Å²) in [6.07, 6.45) is 8.35. The molecular weight excluding hydrogens is 442 g/mol. The van der Waals surface area contributed by atoms with Crippen molar-refractivity contribution in [3.8, 4) is 5.75 Å². The number of benzene rings is 1. The van der Waals surface area contributed by atoms with Crippen molar-refractivity contribution in [1.29, 1.82) is 0 Å². The highest BCUT2D eigenvalue weighted by Crippen LogP contribution is 2.22. The molecule has 1 aromatic carbocycles.